The predicted molar refractivity (Wildman–Crippen MR) is 81.6 cm³/mol. The van der Waals surface area contributed by atoms with E-state index in [1.165, 1.54) is 0 Å². The van der Waals surface area contributed by atoms with Crippen molar-refractivity contribution in [3.63, 3.8) is 0 Å². The molecule has 0 radical (unpaired) electrons. The smallest absolute Gasteiger partial charge is 0.325 e. The molecule has 0 aliphatic heterocycles. The molecule has 0 atom stereocenters. The van der Waals surface area contributed by atoms with Crippen LogP contribution in [0.25, 0.3) is 0 Å². The highest BCUT2D eigenvalue weighted by molar-refractivity contribution is 9.10. The third-order valence-electron chi connectivity index (χ3n) is 2.88. The molecule has 2 rings (SSSR count). The van der Waals surface area contributed by atoms with E-state index >= 15 is 0 Å². The molecule has 2 aromatic rings. The van der Waals surface area contributed by atoms with E-state index in [0.29, 0.717) is 16.3 Å². The summed E-state index contributed by atoms with van der Waals surface area (Å²) in [4.78, 5) is 8.37. The molecule has 0 amide bonds. The lowest BCUT2D eigenvalue weighted by Gasteiger charge is -2.13. The van der Waals surface area contributed by atoms with E-state index in [4.69, 9.17) is 9.47 Å². The van der Waals surface area contributed by atoms with E-state index in [1.807, 2.05) is 13.0 Å². The van der Waals surface area contributed by atoms with E-state index < -0.39 is 0 Å². The van der Waals surface area contributed by atoms with Crippen LogP contribution in [0.1, 0.15) is 30.9 Å². The number of rotatable bonds is 4. The highest BCUT2D eigenvalue weighted by Gasteiger charge is 2.12. The molecule has 0 fully saturated rings. The molecule has 0 spiro atoms. The second-order valence-corrected chi connectivity index (χ2v) is 5.66. The first-order valence-electron chi connectivity index (χ1n) is 6.36. The van der Waals surface area contributed by atoms with E-state index in [0.717, 1.165) is 16.9 Å². The van der Waals surface area contributed by atoms with Gasteiger partial charge in [-0.3, -0.25) is 0 Å². The number of aromatic nitrogens is 2. The van der Waals surface area contributed by atoms with Crippen molar-refractivity contribution in [3.05, 3.63) is 40.0 Å². The molecule has 106 valence electrons. The summed E-state index contributed by atoms with van der Waals surface area (Å²) < 4.78 is 11.7. The first-order valence-corrected chi connectivity index (χ1v) is 7.15. The van der Waals surface area contributed by atoms with Crippen molar-refractivity contribution in [2.75, 3.05) is 7.11 Å². The molecule has 5 heteroatoms. The molecule has 0 N–H and O–H groups in total. The van der Waals surface area contributed by atoms with Crippen molar-refractivity contribution in [3.8, 4) is 17.6 Å². The summed E-state index contributed by atoms with van der Waals surface area (Å²) in [6.45, 7) is 6.28. The summed E-state index contributed by atoms with van der Waals surface area (Å²) in [5.74, 6) is 1.60. The molecule has 0 saturated carbocycles. The maximum Gasteiger partial charge on any atom is 0.325 e. The minimum Gasteiger partial charge on any atom is -0.480 e. The van der Waals surface area contributed by atoms with Gasteiger partial charge in [-0.15, -0.1) is 0 Å². The van der Waals surface area contributed by atoms with Crippen LogP contribution in [-0.2, 0) is 0 Å². The first-order chi connectivity index (χ1) is 9.51. The van der Waals surface area contributed by atoms with Crippen LogP contribution in [0.5, 0.6) is 17.6 Å². The standard InChI is InChI=1S/C15H17BrN2O2/c1-9(2)11-6-5-10(3)7-13(11)20-15-17-8-12(16)14(18-15)19-4/h5-9H,1-4H3. The topological polar surface area (TPSA) is 44.2 Å². The lowest BCUT2D eigenvalue weighted by atomic mass is 10.0. The molecule has 1 aromatic heterocycles. The van der Waals surface area contributed by atoms with Crippen molar-refractivity contribution in [1.29, 1.82) is 0 Å². The molecule has 1 aromatic carbocycles. The minimum absolute atomic E-state index is 0.276. The average molecular weight is 337 g/mol. The Bertz CT molecular complexity index is 615. The Morgan fingerprint density at radius 2 is 2.00 bits per heavy atom. The highest BCUT2D eigenvalue weighted by Crippen LogP contribution is 2.31. The number of ether oxygens (including phenoxy) is 2. The van der Waals surface area contributed by atoms with Gasteiger partial charge in [-0.1, -0.05) is 26.0 Å². The van der Waals surface area contributed by atoms with Crippen LogP contribution in [0.15, 0.2) is 28.9 Å². The third-order valence-corrected chi connectivity index (χ3v) is 3.42. The molecule has 0 unspecified atom stereocenters. The van der Waals surface area contributed by atoms with Gasteiger partial charge in [0.15, 0.2) is 0 Å². The summed E-state index contributed by atoms with van der Waals surface area (Å²) in [6, 6.07) is 6.42. The monoisotopic (exact) mass is 336 g/mol. The fourth-order valence-electron chi connectivity index (χ4n) is 1.83. The van der Waals surface area contributed by atoms with Crippen molar-refractivity contribution >= 4 is 15.9 Å². The number of benzene rings is 1. The van der Waals surface area contributed by atoms with E-state index in [1.54, 1.807) is 13.3 Å². The molecule has 0 aliphatic carbocycles. The number of methoxy groups -OCH3 is 1. The van der Waals surface area contributed by atoms with Crippen molar-refractivity contribution in [2.45, 2.75) is 26.7 Å². The molecular weight excluding hydrogens is 320 g/mol. The first kappa shape index (κ1) is 14.8. The van der Waals surface area contributed by atoms with Crippen LogP contribution in [0.3, 0.4) is 0 Å². The van der Waals surface area contributed by atoms with Crippen LogP contribution in [0.4, 0.5) is 0 Å². The Morgan fingerprint density at radius 1 is 1.25 bits per heavy atom. The van der Waals surface area contributed by atoms with Gasteiger partial charge in [0.2, 0.25) is 5.88 Å². The minimum atomic E-state index is 0.276. The van der Waals surface area contributed by atoms with Gasteiger partial charge >= 0.3 is 6.01 Å². The highest BCUT2D eigenvalue weighted by atomic mass is 79.9. The maximum absolute atomic E-state index is 5.83. The van der Waals surface area contributed by atoms with Crippen LogP contribution >= 0.6 is 15.9 Å². The normalized spacial score (nSPS) is 10.7. The van der Waals surface area contributed by atoms with Gasteiger partial charge in [0.05, 0.1) is 17.8 Å². The van der Waals surface area contributed by atoms with Gasteiger partial charge in [-0.25, -0.2) is 4.98 Å². The molecule has 1 heterocycles. The summed E-state index contributed by atoms with van der Waals surface area (Å²) in [6.07, 6.45) is 1.62. The third kappa shape index (κ3) is 3.28. The summed E-state index contributed by atoms with van der Waals surface area (Å²) in [5, 5.41) is 0. The number of halogens is 1. The Balaban J connectivity index is 2.36. The van der Waals surface area contributed by atoms with Crippen molar-refractivity contribution in [1.82, 2.24) is 9.97 Å². The predicted octanol–water partition coefficient (Wildman–Crippen LogP) is 4.47. The van der Waals surface area contributed by atoms with Crippen molar-refractivity contribution < 1.29 is 9.47 Å². The van der Waals surface area contributed by atoms with Crippen LogP contribution in [0.2, 0.25) is 0 Å². The van der Waals surface area contributed by atoms with E-state index in [-0.39, 0.29) is 6.01 Å². The number of nitrogens with zero attached hydrogens (tertiary/aromatic N) is 2. The van der Waals surface area contributed by atoms with Gasteiger partial charge < -0.3 is 9.47 Å². The zero-order valence-corrected chi connectivity index (χ0v) is 13.6. The molecule has 4 nitrogen and oxygen atoms in total. The number of aryl methyl sites for hydroxylation is 1. The fraction of sp³-hybridized carbons (Fsp3) is 0.333. The van der Waals surface area contributed by atoms with Gasteiger partial charge in [0, 0.05) is 0 Å². The van der Waals surface area contributed by atoms with E-state index in [9.17, 15) is 0 Å². The van der Waals surface area contributed by atoms with Crippen molar-refractivity contribution in [2.24, 2.45) is 0 Å². The Morgan fingerprint density at radius 3 is 2.65 bits per heavy atom. The lowest BCUT2D eigenvalue weighted by molar-refractivity contribution is 0.372. The van der Waals surface area contributed by atoms with Gasteiger partial charge in [0.1, 0.15) is 5.75 Å². The second kappa shape index (κ2) is 6.22. The largest absolute Gasteiger partial charge is 0.480 e. The van der Waals surface area contributed by atoms with Crippen LogP contribution in [-0.4, -0.2) is 17.1 Å². The molecule has 0 aliphatic rings. The van der Waals surface area contributed by atoms with E-state index in [2.05, 4.69) is 51.9 Å². The van der Waals surface area contributed by atoms with Crippen LogP contribution < -0.4 is 9.47 Å². The lowest BCUT2D eigenvalue weighted by Crippen LogP contribution is -1.99. The van der Waals surface area contributed by atoms with Crippen LogP contribution in [0, 0.1) is 6.92 Å². The maximum atomic E-state index is 5.83. The number of hydrogen-bond donors (Lipinski definition) is 0. The van der Waals surface area contributed by atoms with Gasteiger partial charge in [0.25, 0.3) is 0 Å². The summed E-state index contributed by atoms with van der Waals surface area (Å²) in [7, 11) is 1.56. The molecule has 0 saturated heterocycles. The Hall–Kier alpha value is -1.62. The Kier molecular flexibility index (Phi) is 4.60. The molecule has 0 bridgehead atoms. The summed E-state index contributed by atoms with van der Waals surface area (Å²) in [5.41, 5.74) is 2.26. The quantitative estimate of drug-likeness (QED) is 0.826. The van der Waals surface area contributed by atoms with Gasteiger partial charge in [-0.2, -0.15) is 4.98 Å². The fourth-order valence-corrected chi connectivity index (χ4v) is 2.19. The Labute approximate surface area is 127 Å². The molecular formula is C15H17BrN2O2. The zero-order chi connectivity index (χ0) is 14.7. The zero-order valence-electron chi connectivity index (χ0n) is 12.0. The SMILES string of the molecule is COc1nc(Oc2cc(C)ccc2C(C)C)ncc1Br. The average Bonchev–Trinajstić information content (AvgIpc) is 2.40. The van der Waals surface area contributed by atoms with Gasteiger partial charge in [-0.05, 0) is 46.0 Å². The number of hydrogen-bond acceptors (Lipinski definition) is 4. The summed E-state index contributed by atoms with van der Waals surface area (Å²) >= 11 is 3.32. The second-order valence-electron chi connectivity index (χ2n) is 4.81. The molecule has 20 heavy (non-hydrogen) atoms.